The number of nitrogens with zero attached hydrogens (tertiary/aromatic N) is 3. The Kier molecular flexibility index (Phi) is 4.31. The molecule has 0 unspecified atom stereocenters. The highest BCUT2D eigenvalue weighted by atomic mass is 16.3. The Balaban J connectivity index is 2.27. The summed E-state index contributed by atoms with van der Waals surface area (Å²) < 4.78 is 8.76. The summed E-state index contributed by atoms with van der Waals surface area (Å²) in [6.07, 6.45) is 5.00. The summed E-state index contributed by atoms with van der Waals surface area (Å²) in [5.41, 5.74) is 1.63. The number of imidazole rings is 1. The van der Waals surface area contributed by atoms with Gasteiger partial charge in [-0.2, -0.15) is 0 Å². The molecule has 0 saturated carbocycles. The van der Waals surface area contributed by atoms with Crippen LogP contribution in [0.5, 0.6) is 0 Å². The van der Waals surface area contributed by atoms with Gasteiger partial charge in [-0.15, -0.1) is 6.58 Å². The van der Waals surface area contributed by atoms with Crippen molar-refractivity contribution in [3.05, 3.63) is 58.7 Å². The zero-order chi connectivity index (χ0) is 18.1. The molecular formula is C18H20N4O3. The summed E-state index contributed by atoms with van der Waals surface area (Å²) >= 11 is 0. The van der Waals surface area contributed by atoms with Crippen LogP contribution in [0.15, 0.2) is 40.3 Å². The van der Waals surface area contributed by atoms with Crippen molar-refractivity contribution in [3.8, 4) is 11.3 Å². The van der Waals surface area contributed by atoms with Crippen molar-refractivity contribution in [1.82, 2.24) is 19.3 Å². The quantitative estimate of drug-likeness (QED) is 0.723. The lowest BCUT2D eigenvalue weighted by Gasteiger charge is -2.11. The fourth-order valence-electron chi connectivity index (χ4n) is 2.85. The van der Waals surface area contributed by atoms with Crippen LogP contribution in [-0.2, 0) is 6.54 Å². The minimum absolute atomic E-state index is 0.199. The Morgan fingerprint density at radius 3 is 2.76 bits per heavy atom. The molecule has 7 heteroatoms. The van der Waals surface area contributed by atoms with E-state index < -0.39 is 0 Å². The summed E-state index contributed by atoms with van der Waals surface area (Å²) in [6, 6.07) is 1.89. The van der Waals surface area contributed by atoms with Crippen molar-refractivity contribution in [2.45, 2.75) is 27.3 Å². The molecule has 0 radical (unpaired) electrons. The van der Waals surface area contributed by atoms with Crippen molar-refractivity contribution in [3.63, 3.8) is 0 Å². The molecule has 25 heavy (non-hydrogen) atoms. The van der Waals surface area contributed by atoms with Gasteiger partial charge in [-0.05, 0) is 26.8 Å². The van der Waals surface area contributed by atoms with Crippen LogP contribution < -0.4 is 10.9 Å². The molecule has 130 valence electrons. The number of hydrogen-bond donors (Lipinski definition) is 1. The van der Waals surface area contributed by atoms with Crippen molar-refractivity contribution in [1.29, 1.82) is 0 Å². The largest absolute Gasteiger partial charge is 0.466 e. The monoisotopic (exact) mass is 340 g/mol. The smallest absolute Gasteiger partial charge is 0.295 e. The molecule has 0 aliphatic heterocycles. The van der Waals surface area contributed by atoms with Crippen molar-refractivity contribution in [2.75, 3.05) is 6.54 Å². The molecule has 0 fully saturated rings. The molecule has 3 heterocycles. The van der Waals surface area contributed by atoms with Gasteiger partial charge < -0.3 is 9.73 Å². The Morgan fingerprint density at radius 1 is 1.40 bits per heavy atom. The van der Waals surface area contributed by atoms with Gasteiger partial charge in [0.1, 0.15) is 17.2 Å². The fourth-order valence-corrected chi connectivity index (χ4v) is 2.85. The number of furan rings is 1. The molecule has 0 aliphatic carbocycles. The zero-order valence-electron chi connectivity index (χ0n) is 14.5. The predicted molar refractivity (Wildman–Crippen MR) is 94.8 cm³/mol. The van der Waals surface area contributed by atoms with Crippen LogP contribution in [0.1, 0.15) is 28.9 Å². The molecule has 0 aliphatic rings. The number of nitrogens with one attached hydrogen (secondary N) is 1. The molecular weight excluding hydrogens is 320 g/mol. The standard InChI is InChI=1S/C18H20N4O3/c1-5-7-22-15(13-8-11(3)25-12(13)4)10-21-9-14(17(23)19-6-2)20-16(21)18(22)24/h5,8-10H,1,6-7H2,2-4H3,(H,19,23). The van der Waals surface area contributed by atoms with E-state index >= 15 is 0 Å². The third-order valence-corrected chi connectivity index (χ3v) is 3.92. The van der Waals surface area contributed by atoms with Gasteiger partial charge in [-0.25, -0.2) is 4.98 Å². The van der Waals surface area contributed by atoms with Crippen LogP contribution in [0.3, 0.4) is 0 Å². The maximum atomic E-state index is 12.9. The average Bonchev–Trinajstić information content (AvgIpc) is 3.13. The van der Waals surface area contributed by atoms with Crippen LogP contribution in [-0.4, -0.2) is 26.4 Å². The number of hydrogen-bond acceptors (Lipinski definition) is 4. The maximum absolute atomic E-state index is 12.9. The van der Waals surface area contributed by atoms with Gasteiger partial charge >= 0.3 is 0 Å². The first kappa shape index (κ1) is 16.8. The fraction of sp³-hybridized carbons (Fsp3) is 0.278. The maximum Gasteiger partial charge on any atom is 0.295 e. The Labute approximate surface area is 144 Å². The number of allylic oxidation sites excluding steroid dienone is 1. The lowest BCUT2D eigenvalue weighted by atomic mass is 10.2. The normalized spacial score (nSPS) is 11.0. The number of rotatable bonds is 5. The van der Waals surface area contributed by atoms with Crippen molar-refractivity contribution in [2.24, 2.45) is 0 Å². The average molecular weight is 340 g/mol. The van der Waals surface area contributed by atoms with Gasteiger partial charge in [-0.3, -0.25) is 18.6 Å². The van der Waals surface area contributed by atoms with Gasteiger partial charge in [0, 0.05) is 31.0 Å². The van der Waals surface area contributed by atoms with E-state index in [9.17, 15) is 9.59 Å². The second-order valence-corrected chi connectivity index (χ2v) is 5.76. The van der Waals surface area contributed by atoms with E-state index in [0.29, 0.717) is 18.8 Å². The van der Waals surface area contributed by atoms with Crippen LogP contribution in [0.2, 0.25) is 0 Å². The Morgan fingerprint density at radius 2 is 2.16 bits per heavy atom. The van der Waals surface area contributed by atoms with E-state index in [1.807, 2.05) is 26.8 Å². The van der Waals surface area contributed by atoms with Gasteiger partial charge in [0.15, 0.2) is 0 Å². The molecule has 0 spiro atoms. The SMILES string of the molecule is C=CCn1c(-c2cc(C)oc2C)cn2cc(C(=O)NCC)nc2c1=O. The molecule has 7 nitrogen and oxygen atoms in total. The lowest BCUT2D eigenvalue weighted by molar-refractivity contribution is 0.0951. The highest BCUT2D eigenvalue weighted by molar-refractivity contribution is 5.92. The van der Waals surface area contributed by atoms with Gasteiger partial charge in [-0.1, -0.05) is 6.08 Å². The minimum Gasteiger partial charge on any atom is -0.466 e. The third-order valence-electron chi connectivity index (χ3n) is 3.92. The molecule has 3 aromatic heterocycles. The van der Waals surface area contributed by atoms with E-state index in [2.05, 4.69) is 16.9 Å². The van der Waals surface area contributed by atoms with Crippen LogP contribution in [0.4, 0.5) is 0 Å². The number of aromatic nitrogens is 3. The topological polar surface area (TPSA) is 81.5 Å². The van der Waals surface area contributed by atoms with Crippen molar-refractivity contribution >= 4 is 11.6 Å². The number of aryl methyl sites for hydroxylation is 2. The van der Waals surface area contributed by atoms with E-state index in [1.54, 1.807) is 27.4 Å². The molecule has 1 N–H and O–H groups in total. The van der Waals surface area contributed by atoms with Gasteiger partial charge in [0.05, 0.1) is 5.69 Å². The summed E-state index contributed by atoms with van der Waals surface area (Å²) in [5.74, 6) is 1.18. The second kappa shape index (κ2) is 6.43. The third kappa shape index (κ3) is 2.88. The number of amides is 1. The first-order valence-electron chi connectivity index (χ1n) is 8.05. The Hall–Kier alpha value is -3.09. The highest BCUT2D eigenvalue weighted by Gasteiger charge is 2.18. The second-order valence-electron chi connectivity index (χ2n) is 5.76. The van der Waals surface area contributed by atoms with E-state index in [1.165, 1.54) is 0 Å². The lowest BCUT2D eigenvalue weighted by Crippen LogP contribution is -2.24. The predicted octanol–water partition coefficient (Wildman–Crippen LogP) is 2.31. The zero-order valence-corrected chi connectivity index (χ0v) is 14.5. The first-order valence-corrected chi connectivity index (χ1v) is 8.05. The van der Waals surface area contributed by atoms with Crippen LogP contribution in [0.25, 0.3) is 16.9 Å². The van der Waals surface area contributed by atoms with Crippen LogP contribution >= 0.6 is 0 Å². The summed E-state index contributed by atoms with van der Waals surface area (Å²) in [6.45, 7) is 10.1. The summed E-state index contributed by atoms with van der Waals surface area (Å²) in [5, 5.41) is 2.69. The van der Waals surface area contributed by atoms with E-state index in [4.69, 9.17) is 4.42 Å². The molecule has 0 saturated heterocycles. The minimum atomic E-state index is -0.308. The number of carbonyl (C=O) groups is 1. The molecule has 3 aromatic rings. The number of carbonyl (C=O) groups excluding carboxylic acids is 1. The molecule has 3 rings (SSSR count). The highest BCUT2D eigenvalue weighted by Crippen LogP contribution is 2.26. The Bertz CT molecular complexity index is 1020. The van der Waals surface area contributed by atoms with Gasteiger partial charge in [0.25, 0.3) is 11.5 Å². The molecule has 0 bridgehead atoms. The van der Waals surface area contributed by atoms with E-state index in [-0.39, 0.29) is 22.8 Å². The summed E-state index contributed by atoms with van der Waals surface area (Å²) in [7, 11) is 0. The van der Waals surface area contributed by atoms with Crippen LogP contribution in [0, 0.1) is 13.8 Å². The molecule has 0 aromatic carbocycles. The first-order chi connectivity index (χ1) is 12.0. The van der Waals surface area contributed by atoms with E-state index in [0.717, 1.165) is 17.1 Å². The summed E-state index contributed by atoms with van der Waals surface area (Å²) in [4.78, 5) is 29.1. The number of fused-ring (bicyclic) bond motifs is 1. The molecule has 1 amide bonds. The van der Waals surface area contributed by atoms with Crippen molar-refractivity contribution < 1.29 is 9.21 Å². The van der Waals surface area contributed by atoms with Gasteiger partial charge in [0.2, 0.25) is 5.65 Å². The molecule has 0 atom stereocenters.